The van der Waals surface area contributed by atoms with E-state index in [-0.39, 0.29) is 31.6 Å². The van der Waals surface area contributed by atoms with Gasteiger partial charge in [0.05, 0.1) is 0 Å². The van der Waals surface area contributed by atoms with Gasteiger partial charge in [0.1, 0.15) is 0 Å². The van der Waals surface area contributed by atoms with E-state index in [4.69, 9.17) is 57.2 Å². The van der Waals surface area contributed by atoms with Crippen LogP contribution in [0.25, 0.3) is 82.5 Å². The number of hydrogen-bond acceptors (Lipinski definition) is 5. The van der Waals surface area contributed by atoms with Gasteiger partial charge >= 0.3 is 518 Å². The van der Waals surface area contributed by atoms with E-state index in [1.807, 2.05) is 0 Å². The summed E-state index contributed by atoms with van der Waals surface area (Å²) in [6.45, 7) is 2.12. The van der Waals surface area contributed by atoms with Crippen molar-refractivity contribution in [1.82, 2.24) is 13.7 Å². The summed E-state index contributed by atoms with van der Waals surface area (Å²) in [5, 5.41) is 7.11. The van der Waals surface area contributed by atoms with Crippen LogP contribution in [-0.4, -0.2) is 31.9 Å². The topological polar surface area (TPSA) is 49.0 Å². The van der Waals surface area contributed by atoms with Crippen molar-refractivity contribution in [1.29, 1.82) is 0 Å². The number of aryl methyl sites for hydroxylation is 1. The molecule has 7 heterocycles. The molecule has 0 aliphatic carbocycles. The minimum atomic E-state index is -6.70. The van der Waals surface area contributed by atoms with E-state index in [9.17, 15) is 0 Å². The molecule has 8 nitrogen and oxygen atoms in total. The molecule has 86 heavy (non-hydrogen) atoms. The van der Waals surface area contributed by atoms with Gasteiger partial charge in [-0.15, -0.1) is 0 Å². The van der Waals surface area contributed by atoms with Crippen molar-refractivity contribution in [2.45, 2.75) is 6.92 Å². The van der Waals surface area contributed by atoms with Crippen LogP contribution in [0.1, 0.15) is 5.56 Å². The number of halogens is 4. The van der Waals surface area contributed by atoms with Gasteiger partial charge < -0.3 is 0 Å². The first-order valence-electron chi connectivity index (χ1n) is 28.4. The van der Waals surface area contributed by atoms with Gasteiger partial charge in [0.15, 0.2) is 0 Å². The Hall–Kier alpha value is -8.98. The SMILES string of the molecule is Cc1ccc(N2c3cc(-n4c5ccccc5c5ccccc54)cc4[c]3[Sb]35([O]c6c(Cl)c(Cl)c(Cl)c(Cl)c6[O]3)[c]3c(cc(-n6c7ccccc7c7ccccc76)cc3N(c3ccccc3)c3cc(-n6c7ccccc7c7ccccc76)cc2[c]35)O4)cc1. The van der Waals surface area contributed by atoms with Crippen LogP contribution in [0.4, 0.5) is 34.1 Å². The van der Waals surface area contributed by atoms with Crippen LogP contribution in [0.5, 0.6) is 23.0 Å². The maximum absolute atomic E-state index is 8.42. The quantitative estimate of drug-likeness (QED) is 0.0976. The molecule has 0 N–H and O–H groups in total. The molecule has 19 rings (SSSR count). The predicted octanol–water partition coefficient (Wildman–Crippen LogP) is 19.5. The van der Waals surface area contributed by atoms with Crippen LogP contribution in [0, 0.1) is 6.92 Å². The van der Waals surface area contributed by atoms with Crippen molar-refractivity contribution in [3.8, 4) is 40.1 Å². The van der Waals surface area contributed by atoms with Gasteiger partial charge in [-0.1, -0.05) is 0 Å². The minimum absolute atomic E-state index is 0.0672. The molecule has 15 aromatic rings. The van der Waals surface area contributed by atoms with Gasteiger partial charge in [-0.05, 0) is 0 Å². The summed E-state index contributed by atoms with van der Waals surface area (Å²) in [5.74, 6) is 1.57. The summed E-state index contributed by atoms with van der Waals surface area (Å²) >= 11 is 22.9. The molecule has 0 saturated carbocycles. The molecule has 12 aromatic carbocycles. The molecule has 4 aliphatic heterocycles. The Morgan fingerprint density at radius 1 is 0.302 bits per heavy atom. The number of para-hydroxylation sites is 7. The Balaban J connectivity index is 1.06. The molecule has 0 atom stereocenters. The van der Waals surface area contributed by atoms with Gasteiger partial charge in [0.25, 0.3) is 0 Å². The average molecular weight is 1300 g/mol. The molecule has 3 aromatic heterocycles. The van der Waals surface area contributed by atoms with Gasteiger partial charge in [0, 0.05) is 0 Å². The van der Waals surface area contributed by atoms with Crippen LogP contribution in [0.15, 0.2) is 237 Å². The first kappa shape index (κ1) is 49.3. The van der Waals surface area contributed by atoms with Crippen LogP contribution < -0.4 is 31.1 Å². The number of aromatic nitrogens is 3. The molecular formula is C73H42Cl4N5O3Sb. The molecule has 0 fully saturated rings. The van der Waals surface area contributed by atoms with Crippen molar-refractivity contribution >= 4 is 175 Å². The second-order valence-corrected chi connectivity index (χ2v) is 34.4. The van der Waals surface area contributed by atoms with Gasteiger partial charge in [-0.3, -0.25) is 0 Å². The molecule has 1 spiro atoms. The Labute approximate surface area is 514 Å². The number of nitrogens with zero attached hydrogens (tertiary/aromatic N) is 5. The van der Waals surface area contributed by atoms with Crippen LogP contribution in [0.2, 0.25) is 20.1 Å². The van der Waals surface area contributed by atoms with Crippen molar-refractivity contribution in [3.63, 3.8) is 0 Å². The number of rotatable bonds is 5. The third-order valence-corrected chi connectivity index (χ3v) is 33.7. The number of benzene rings is 12. The molecule has 0 amide bonds. The fraction of sp³-hybridized carbons (Fsp3) is 0.0137. The van der Waals surface area contributed by atoms with E-state index in [0.717, 1.165) is 133 Å². The number of fused-ring (bicyclic) bond motifs is 10. The monoisotopic (exact) mass is 1300 g/mol. The Morgan fingerprint density at radius 2 is 0.605 bits per heavy atom. The summed E-state index contributed by atoms with van der Waals surface area (Å²) < 4.78 is 34.2. The average Bonchev–Trinajstić information content (AvgIpc) is 1.12. The third kappa shape index (κ3) is 6.13. The van der Waals surface area contributed by atoms with E-state index in [1.165, 1.54) is 0 Å². The number of hydrogen-bond donors (Lipinski definition) is 0. The van der Waals surface area contributed by atoms with E-state index in [0.29, 0.717) is 11.5 Å². The normalized spacial score (nSPS) is 15.1. The van der Waals surface area contributed by atoms with Crippen molar-refractivity contribution in [3.05, 3.63) is 262 Å². The summed E-state index contributed by atoms with van der Waals surface area (Å²) in [7, 11) is 0. The zero-order valence-electron chi connectivity index (χ0n) is 45.4. The summed E-state index contributed by atoms with van der Waals surface area (Å²) in [5.41, 5.74) is 15.1. The summed E-state index contributed by atoms with van der Waals surface area (Å²) in [4.78, 5) is 4.77. The van der Waals surface area contributed by atoms with Gasteiger partial charge in [0.2, 0.25) is 0 Å². The molecule has 4 aliphatic rings. The molecule has 410 valence electrons. The first-order valence-corrected chi connectivity index (χ1v) is 35.8. The molecular weight excluding hydrogens is 1260 g/mol. The van der Waals surface area contributed by atoms with E-state index in [2.05, 4.69) is 267 Å². The second-order valence-electron chi connectivity index (χ2n) is 22.6. The van der Waals surface area contributed by atoms with Crippen LogP contribution in [0.3, 0.4) is 0 Å². The molecule has 13 heteroatoms. The summed E-state index contributed by atoms with van der Waals surface area (Å²) in [6.07, 6.45) is 0. The molecule has 0 bridgehead atoms. The first-order chi connectivity index (χ1) is 42.2. The zero-order valence-corrected chi connectivity index (χ0v) is 51.0. The van der Waals surface area contributed by atoms with Crippen LogP contribution in [-0.2, 0) is 0 Å². The molecule has 0 saturated heterocycles. The number of anilines is 6. The van der Waals surface area contributed by atoms with Crippen molar-refractivity contribution < 1.29 is 10.8 Å². The predicted molar refractivity (Wildman–Crippen MR) is 356 cm³/mol. The second kappa shape index (κ2) is 17.4. The van der Waals surface area contributed by atoms with Gasteiger partial charge in [-0.2, -0.15) is 0 Å². The fourth-order valence-electron chi connectivity index (χ4n) is 14.7. The van der Waals surface area contributed by atoms with Gasteiger partial charge in [-0.25, -0.2) is 0 Å². The number of ether oxygens (including phenoxy) is 1. The van der Waals surface area contributed by atoms with E-state index >= 15 is 0 Å². The Morgan fingerprint density at radius 3 is 0.965 bits per heavy atom. The summed E-state index contributed by atoms with van der Waals surface area (Å²) in [6, 6.07) is 84.5. The standard InChI is InChI=1S/C67H42N5O.C6H2Cl4O2.Sb/c1-44-31-33-46(34-32-44)69-48-35-47(36-49(37-48)70-62-25-11-5-19-56(62)57-20-6-12-26-63(57)70)68(45-17-3-2-4-18-45)50-38-52(71-64-27-13-7-21-58(64)59-22-8-14-28-65(59)71)42-54(40-50)73-55-41-51(69)39-53(43-55)72-66-29-15-9-23-60(66)61-24-10-16-30-67(61)72;7-1-2(8)4(10)6(12)5(11)3(1)9;/h2-34,36-39,42-43H,1H3;11-12H;/q;;+2/p-2. The van der Waals surface area contributed by atoms with Crippen molar-refractivity contribution in [2.24, 2.45) is 0 Å². The third-order valence-electron chi connectivity index (χ3n) is 18.1. The Bertz CT molecular complexity index is 5380. The molecule has 0 radical (unpaired) electrons. The zero-order chi connectivity index (χ0) is 57.1. The Kier molecular flexibility index (Phi) is 9.95. The maximum atomic E-state index is 8.42. The van der Waals surface area contributed by atoms with Crippen LogP contribution >= 0.6 is 46.4 Å². The fourth-order valence-corrected chi connectivity index (χ4v) is 32.1. The molecule has 0 unspecified atom stereocenters. The van der Waals surface area contributed by atoms with Crippen molar-refractivity contribution in [2.75, 3.05) is 9.80 Å². The van der Waals surface area contributed by atoms with E-state index < -0.39 is 18.2 Å². The van der Waals surface area contributed by atoms with E-state index in [1.54, 1.807) is 0 Å².